The summed E-state index contributed by atoms with van der Waals surface area (Å²) < 4.78 is 0.125. The maximum absolute atomic E-state index is 6.18. The van der Waals surface area contributed by atoms with Crippen molar-refractivity contribution in [2.24, 2.45) is 9.98 Å². The Labute approximate surface area is 79.8 Å². The van der Waals surface area contributed by atoms with Crippen LogP contribution in [0, 0.1) is 0 Å². The molecule has 62 valence electrons. The molecule has 0 spiro atoms. The largest absolute Gasteiger partial charge is 0.253 e. The molecule has 0 radical (unpaired) electrons. The first kappa shape index (κ1) is 8.04. The van der Waals surface area contributed by atoms with Crippen LogP contribution in [0.5, 0.6) is 0 Å². The highest BCUT2D eigenvalue weighted by atomic mass is 35.5. The number of fused-ring (bicyclic) bond motifs is 1. The Morgan fingerprint density at radius 3 is 3.17 bits per heavy atom. The summed E-state index contributed by atoms with van der Waals surface area (Å²) in [4.78, 5) is 8.19. The van der Waals surface area contributed by atoms with Crippen LogP contribution in [-0.2, 0) is 0 Å². The van der Waals surface area contributed by atoms with E-state index in [1.165, 1.54) is 0 Å². The van der Waals surface area contributed by atoms with Gasteiger partial charge in [0.2, 0.25) is 12.0 Å². The van der Waals surface area contributed by atoms with Crippen molar-refractivity contribution in [2.75, 3.05) is 6.26 Å². The molecule has 0 N–H and O–H groups in total. The lowest BCUT2D eigenvalue weighted by Gasteiger charge is -2.16. The van der Waals surface area contributed by atoms with Crippen molar-refractivity contribution in [3.05, 3.63) is 23.1 Å². The molecule has 3 nitrogen and oxygen atoms in total. The summed E-state index contributed by atoms with van der Waals surface area (Å²) in [6, 6.07) is 0. The Bertz CT molecular complexity index is 332. The quantitative estimate of drug-likeness (QED) is 0.595. The SMILES string of the molecule is CSC1=C2C=NC=C[N+]2(Cl)C=N1. The average molecular weight is 201 g/mol. The number of nitrogens with zero attached hydrogens (tertiary/aromatic N) is 3. The normalized spacial score (nSPS) is 31.5. The molecule has 0 aromatic heterocycles. The molecule has 12 heavy (non-hydrogen) atoms. The van der Waals surface area contributed by atoms with Crippen LogP contribution >= 0.6 is 23.5 Å². The Hall–Kier alpha value is -0.580. The van der Waals surface area contributed by atoms with Crippen LogP contribution in [0.15, 0.2) is 33.1 Å². The number of aliphatic imine (C=N–C) groups is 2. The predicted octanol–water partition coefficient (Wildman–Crippen LogP) is 2.09. The average Bonchev–Trinajstić information content (AvgIpc) is 2.41. The fourth-order valence-corrected chi connectivity index (χ4v) is 1.91. The molecule has 2 heterocycles. The Morgan fingerprint density at radius 2 is 2.42 bits per heavy atom. The van der Waals surface area contributed by atoms with Gasteiger partial charge in [0.15, 0.2) is 16.8 Å². The zero-order valence-corrected chi connectivity index (χ0v) is 8.01. The van der Waals surface area contributed by atoms with Gasteiger partial charge in [-0.2, -0.15) is 4.99 Å². The number of allylic oxidation sites excluding steroid dienone is 1. The second kappa shape index (κ2) is 2.73. The summed E-state index contributed by atoms with van der Waals surface area (Å²) in [6.07, 6.45) is 8.85. The van der Waals surface area contributed by atoms with E-state index < -0.39 is 0 Å². The van der Waals surface area contributed by atoms with Gasteiger partial charge < -0.3 is 0 Å². The zero-order chi connectivity index (χ0) is 8.60. The van der Waals surface area contributed by atoms with Crippen molar-refractivity contribution in [1.29, 1.82) is 0 Å². The predicted molar refractivity (Wildman–Crippen MR) is 52.8 cm³/mol. The molecule has 5 heteroatoms. The molecule has 0 aromatic rings. The molecular formula is C7H7ClN3S+. The maximum Gasteiger partial charge on any atom is 0.219 e. The fraction of sp³-hybridized carbons (Fsp3) is 0.143. The van der Waals surface area contributed by atoms with Crippen molar-refractivity contribution in [3.8, 4) is 0 Å². The summed E-state index contributed by atoms with van der Waals surface area (Å²) in [5.74, 6) is 0. The molecule has 1 unspecified atom stereocenters. The number of hydrogen-bond donors (Lipinski definition) is 0. The van der Waals surface area contributed by atoms with E-state index in [1.54, 1.807) is 36.7 Å². The minimum atomic E-state index is 0.125. The highest BCUT2D eigenvalue weighted by Crippen LogP contribution is 2.34. The third kappa shape index (κ3) is 1.03. The minimum absolute atomic E-state index is 0.125. The Kier molecular flexibility index (Phi) is 1.83. The third-order valence-electron chi connectivity index (χ3n) is 1.69. The lowest BCUT2D eigenvalue weighted by molar-refractivity contribution is -0.591. The first-order chi connectivity index (χ1) is 5.76. The van der Waals surface area contributed by atoms with Crippen LogP contribution < -0.4 is 0 Å². The van der Waals surface area contributed by atoms with Crippen molar-refractivity contribution < 1.29 is 4.00 Å². The molecule has 2 rings (SSSR count). The van der Waals surface area contributed by atoms with Crippen molar-refractivity contribution in [3.63, 3.8) is 0 Å². The van der Waals surface area contributed by atoms with E-state index in [-0.39, 0.29) is 4.00 Å². The van der Waals surface area contributed by atoms with E-state index >= 15 is 0 Å². The van der Waals surface area contributed by atoms with Gasteiger partial charge in [0.25, 0.3) is 0 Å². The van der Waals surface area contributed by atoms with Gasteiger partial charge in [0.1, 0.15) is 6.20 Å². The van der Waals surface area contributed by atoms with Gasteiger partial charge in [0.05, 0.1) is 12.4 Å². The molecular weight excluding hydrogens is 194 g/mol. The highest BCUT2D eigenvalue weighted by molar-refractivity contribution is 8.02. The Balaban J connectivity index is 2.50. The lowest BCUT2D eigenvalue weighted by atomic mass is 10.4. The van der Waals surface area contributed by atoms with Crippen LogP contribution in [0.4, 0.5) is 0 Å². The lowest BCUT2D eigenvalue weighted by Crippen LogP contribution is -2.29. The molecule has 2 aliphatic heterocycles. The molecule has 2 aliphatic rings. The first-order valence-electron chi connectivity index (χ1n) is 3.39. The number of quaternary nitrogens is 1. The van der Waals surface area contributed by atoms with Crippen LogP contribution in [0.2, 0.25) is 0 Å². The molecule has 0 saturated heterocycles. The van der Waals surface area contributed by atoms with E-state index in [2.05, 4.69) is 9.98 Å². The van der Waals surface area contributed by atoms with Crippen molar-refractivity contribution in [1.82, 2.24) is 0 Å². The van der Waals surface area contributed by atoms with E-state index in [9.17, 15) is 0 Å². The number of thioether (sulfide) groups is 1. The van der Waals surface area contributed by atoms with Gasteiger partial charge in [-0.15, -0.1) is 15.8 Å². The van der Waals surface area contributed by atoms with Crippen LogP contribution in [0.25, 0.3) is 0 Å². The van der Waals surface area contributed by atoms with Crippen molar-refractivity contribution >= 4 is 36.1 Å². The van der Waals surface area contributed by atoms with E-state index in [0.29, 0.717) is 0 Å². The summed E-state index contributed by atoms with van der Waals surface area (Å²) >= 11 is 7.76. The number of halogens is 1. The molecule has 0 aromatic carbocycles. The summed E-state index contributed by atoms with van der Waals surface area (Å²) in [5.41, 5.74) is 0.923. The molecule has 0 saturated carbocycles. The van der Waals surface area contributed by atoms with Gasteiger partial charge in [-0.25, -0.2) is 0 Å². The topological polar surface area (TPSA) is 24.7 Å². The van der Waals surface area contributed by atoms with E-state index in [1.807, 2.05) is 6.26 Å². The van der Waals surface area contributed by atoms with Crippen molar-refractivity contribution in [2.45, 2.75) is 0 Å². The van der Waals surface area contributed by atoms with Gasteiger partial charge in [0, 0.05) is 0 Å². The fourth-order valence-electron chi connectivity index (χ4n) is 1.08. The zero-order valence-electron chi connectivity index (χ0n) is 6.44. The van der Waals surface area contributed by atoms with Gasteiger partial charge in [-0.3, -0.25) is 4.99 Å². The minimum Gasteiger partial charge on any atom is -0.253 e. The van der Waals surface area contributed by atoms with Gasteiger partial charge in [-0.1, -0.05) is 0 Å². The highest BCUT2D eigenvalue weighted by Gasteiger charge is 2.36. The first-order valence-corrected chi connectivity index (χ1v) is 4.95. The molecule has 0 amide bonds. The standard InChI is InChI=1S/C7H7ClN3S/c1-12-7-6-4-9-2-3-11(6,8)5-10-7/h2-5H,1H3/q+1. The monoisotopic (exact) mass is 200 g/mol. The van der Waals surface area contributed by atoms with Crippen LogP contribution in [-0.4, -0.2) is 22.8 Å². The van der Waals surface area contributed by atoms with Crippen LogP contribution in [0.1, 0.15) is 0 Å². The number of hydrogen-bond acceptors (Lipinski definition) is 3. The molecule has 0 fully saturated rings. The van der Waals surface area contributed by atoms with E-state index in [4.69, 9.17) is 11.8 Å². The van der Waals surface area contributed by atoms with Gasteiger partial charge >= 0.3 is 0 Å². The molecule has 1 atom stereocenters. The Morgan fingerprint density at radius 1 is 1.58 bits per heavy atom. The smallest absolute Gasteiger partial charge is 0.219 e. The molecule has 0 aliphatic carbocycles. The molecule has 0 bridgehead atoms. The number of rotatable bonds is 1. The second-order valence-electron chi connectivity index (χ2n) is 2.40. The van der Waals surface area contributed by atoms with E-state index in [0.717, 1.165) is 10.7 Å². The van der Waals surface area contributed by atoms with Crippen LogP contribution in [0.3, 0.4) is 0 Å². The second-order valence-corrected chi connectivity index (χ2v) is 3.76. The summed E-state index contributed by atoms with van der Waals surface area (Å²) in [7, 11) is 0. The summed E-state index contributed by atoms with van der Waals surface area (Å²) in [6.45, 7) is 0. The third-order valence-corrected chi connectivity index (χ3v) is 2.77. The summed E-state index contributed by atoms with van der Waals surface area (Å²) in [5, 5.41) is 0.929. The maximum atomic E-state index is 6.18. The van der Waals surface area contributed by atoms with Gasteiger partial charge in [-0.05, 0) is 6.26 Å².